The highest BCUT2D eigenvalue weighted by Crippen LogP contribution is 2.30. The lowest BCUT2D eigenvalue weighted by atomic mass is 10.0. The first kappa shape index (κ1) is 21.9. The molecule has 0 aliphatic rings. The lowest BCUT2D eigenvalue weighted by molar-refractivity contribution is -0.275. The van der Waals surface area contributed by atoms with E-state index in [0.717, 1.165) is 18.3 Å². The maximum absolute atomic E-state index is 14.4. The van der Waals surface area contributed by atoms with Crippen LogP contribution in [0.25, 0.3) is 0 Å². The van der Waals surface area contributed by atoms with Gasteiger partial charge in [-0.3, -0.25) is 14.6 Å². The predicted octanol–water partition coefficient (Wildman–Crippen LogP) is 3.77. The van der Waals surface area contributed by atoms with Crippen molar-refractivity contribution in [2.75, 3.05) is 0 Å². The van der Waals surface area contributed by atoms with Crippen molar-refractivity contribution >= 4 is 5.91 Å². The summed E-state index contributed by atoms with van der Waals surface area (Å²) in [5.74, 6) is -4.05. The first-order valence-electron chi connectivity index (χ1n) is 8.71. The molecule has 2 heterocycles. The van der Waals surface area contributed by atoms with E-state index in [1.54, 1.807) is 0 Å². The molecular weight excluding hydrogens is 425 g/mol. The van der Waals surface area contributed by atoms with E-state index in [1.165, 1.54) is 25.3 Å². The number of rotatable bonds is 5. The third-order valence-corrected chi connectivity index (χ3v) is 4.20. The fourth-order valence-electron chi connectivity index (χ4n) is 2.77. The number of halogens is 5. The van der Waals surface area contributed by atoms with Crippen LogP contribution in [0.4, 0.5) is 22.0 Å². The molecule has 11 heteroatoms. The molecule has 1 unspecified atom stereocenters. The number of aromatic amines is 1. The standard InChI is InChI=1S/C20H14F5N3O3/c1-10-7-12(9-27-18(10)29)19(30)28-16(17-13(21)3-2-6-26-17)11-4-5-15(14(22)8-11)31-20(23,24)25/h2-9,16H,1H3,(H,27,29)(H,28,30). The number of aromatic nitrogens is 2. The Hall–Kier alpha value is -3.76. The summed E-state index contributed by atoms with van der Waals surface area (Å²) in [4.78, 5) is 30.4. The van der Waals surface area contributed by atoms with Gasteiger partial charge in [0, 0.05) is 18.0 Å². The number of alkyl halides is 3. The van der Waals surface area contributed by atoms with Gasteiger partial charge in [0.2, 0.25) is 0 Å². The van der Waals surface area contributed by atoms with Gasteiger partial charge in [-0.15, -0.1) is 13.2 Å². The van der Waals surface area contributed by atoms with Gasteiger partial charge in [0.25, 0.3) is 11.5 Å². The number of hydrogen-bond donors (Lipinski definition) is 2. The summed E-state index contributed by atoms with van der Waals surface area (Å²) in [5.41, 5.74) is -0.518. The van der Waals surface area contributed by atoms with E-state index < -0.39 is 41.3 Å². The highest BCUT2D eigenvalue weighted by Gasteiger charge is 2.33. The second kappa shape index (κ2) is 8.54. The van der Waals surface area contributed by atoms with E-state index in [4.69, 9.17) is 0 Å². The number of nitrogens with zero attached hydrogens (tertiary/aromatic N) is 1. The zero-order valence-corrected chi connectivity index (χ0v) is 15.8. The Morgan fingerprint density at radius 3 is 2.52 bits per heavy atom. The molecule has 6 nitrogen and oxygen atoms in total. The van der Waals surface area contributed by atoms with Crippen LogP contribution in [0.2, 0.25) is 0 Å². The van der Waals surface area contributed by atoms with Gasteiger partial charge in [0.15, 0.2) is 11.6 Å². The smallest absolute Gasteiger partial charge is 0.403 e. The maximum Gasteiger partial charge on any atom is 0.573 e. The number of aryl methyl sites for hydroxylation is 1. The zero-order valence-electron chi connectivity index (χ0n) is 15.8. The normalized spacial score (nSPS) is 12.3. The van der Waals surface area contributed by atoms with Gasteiger partial charge >= 0.3 is 6.36 Å². The van der Waals surface area contributed by atoms with Crippen molar-refractivity contribution in [2.45, 2.75) is 19.3 Å². The molecule has 0 radical (unpaired) electrons. The number of carbonyl (C=O) groups is 1. The van der Waals surface area contributed by atoms with Crippen LogP contribution in [0.5, 0.6) is 5.75 Å². The molecule has 1 amide bonds. The number of H-pyrrole nitrogens is 1. The summed E-state index contributed by atoms with van der Waals surface area (Å²) in [6, 6.07) is 4.73. The molecule has 0 bridgehead atoms. The Labute approximate surface area is 171 Å². The van der Waals surface area contributed by atoms with E-state index in [-0.39, 0.29) is 22.4 Å². The highest BCUT2D eigenvalue weighted by molar-refractivity contribution is 5.94. The van der Waals surface area contributed by atoms with Crippen molar-refractivity contribution in [2.24, 2.45) is 0 Å². The Balaban J connectivity index is 2.00. The molecule has 3 aromatic rings. The highest BCUT2D eigenvalue weighted by atomic mass is 19.4. The van der Waals surface area contributed by atoms with Crippen LogP contribution < -0.4 is 15.6 Å². The largest absolute Gasteiger partial charge is 0.573 e. The van der Waals surface area contributed by atoms with Gasteiger partial charge in [-0.2, -0.15) is 0 Å². The molecule has 0 aliphatic carbocycles. The minimum Gasteiger partial charge on any atom is -0.403 e. The summed E-state index contributed by atoms with van der Waals surface area (Å²) in [6.07, 6.45) is -2.73. The molecule has 0 fully saturated rings. The van der Waals surface area contributed by atoms with Crippen LogP contribution in [0.1, 0.15) is 33.2 Å². The molecule has 31 heavy (non-hydrogen) atoms. The lowest BCUT2D eigenvalue weighted by Crippen LogP contribution is -2.31. The summed E-state index contributed by atoms with van der Waals surface area (Å²) >= 11 is 0. The Morgan fingerprint density at radius 2 is 1.90 bits per heavy atom. The van der Waals surface area contributed by atoms with Crippen molar-refractivity contribution in [1.82, 2.24) is 15.3 Å². The van der Waals surface area contributed by atoms with Gasteiger partial charge in [-0.1, -0.05) is 6.07 Å². The third-order valence-electron chi connectivity index (χ3n) is 4.20. The number of amides is 1. The van der Waals surface area contributed by atoms with Gasteiger partial charge in [-0.25, -0.2) is 8.78 Å². The van der Waals surface area contributed by atoms with Crippen molar-refractivity contribution in [3.63, 3.8) is 0 Å². The molecule has 2 N–H and O–H groups in total. The van der Waals surface area contributed by atoms with Crippen LogP contribution in [-0.4, -0.2) is 22.2 Å². The summed E-state index contributed by atoms with van der Waals surface area (Å²) < 4.78 is 69.3. The van der Waals surface area contributed by atoms with E-state index in [0.29, 0.717) is 12.1 Å². The fraction of sp³-hybridized carbons (Fsp3) is 0.150. The maximum atomic E-state index is 14.4. The Bertz CT molecular complexity index is 1180. The van der Waals surface area contributed by atoms with E-state index >= 15 is 0 Å². The first-order chi connectivity index (χ1) is 14.5. The molecule has 0 spiro atoms. The second-order valence-corrected chi connectivity index (χ2v) is 6.42. The molecule has 0 aliphatic heterocycles. The fourth-order valence-corrected chi connectivity index (χ4v) is 2.77. The minimum absolute atomic E-state index is 0.0240. The number of hydrogen-bond acceptors (Lipinski definition) is 4. The van der Waals surface area contributed by atoms with Crippen LogP contribution >= 0.6 is 0 Å². The summed E-state index contributed by atoms with van der Waals surface area (Å²) in [7, 11) is 0. The first-order valence-corrected chi connectivity index (χ1v) is 8.71. The molecule has 3 rings (SSSR count). The molecule has 2 aromatic heterocycles. The van der Waals surface area contributed by atoms with Gasteiger partial charge < -0.3 is 15.0 Å². The van der Waals surface area contributed by atoms with E-state index in [2.05, 4.69) is 20.0 Å². The number of nitrogens with one attached hydrogen (secondary N) is 2. The lowest BCUT2D eigenvalue weighted by Gasteiger charge is -2.20. The van der Waals surface area contributed by atoms with Crippen molar-refractivity contribution in [1.29, 1.82) is 0 Å². The van der Waals surface area contributed by atoms with Crippen LogP contribution in [0.3, 0.4) is 0 Å². The van der Waals surface area contributed by atoms with E-state index in [1.807, 2.05) is 0 Å². The van der Waals surface area contributed by atoms with Crippen LogP contribution in [0, 0.1) is 18.6 Å². The molecular formula is C20H14F5N3O3. The number of ether oxygens (including phenoxy) is 1. The molecule has 0 saturated carbocycles. The summed E-state index contributed by atoms with van der Waals surface area (Å²) in [6.45, 7) is 1.47. The monoisotopic (exact) mass is 439 g/mol. The van der Waals surface area contributed by atoms with Crippen molar-refractivity contribution in [3.05, 3.63) is 93.2 Å². The van der Waals surface area contributed by atoms with Gasteiger partial charge in [0.05, 0.1) is 11.6 Å². The molecule has 1 atom stereocenters. The van der Waals surface area contributed by atoms with Gasteiger partial charge in [-0.05, 0) is 42.8 Å². The molecule has 0 saturated heterocycles. The molecule has 1 aromatic carbocycles. The number of pyridine rings is 2. The Kier molecular flexibility index (Phi) is 6.04. The van der Waals surface area contributed by atoms with Crippen LogP contribution in [0.15, 0.2) is 53.6 Å². The Morgan fingerprint density at radius 1 is 1.16 bits per heavy atom. The van der Waals surface area contributed by atoms with Gasteiger partial charge in [0.1, 0.15) is 11.5 Å². The number of carbonyl (C=O) groups excluding carboxylic acids is 1. The quantitative estimate of drug-likeness (QED) is 0.593. The second-order valence-electron chi connectivity index (χ2n) is 6.42. The van der Waals surface area contributed by atoms with Crippen molar-refractivity contribution < 1.29 is 31.5 Å². The molecule has 162 valence electrons. The third kappa shape index (κ3) is 5.24. The average Bonchev–Trinajstić information content (AvgIpc) is 2.69. The summed E-state index contributed by atoms with van der Waals surface area (Å²) in [5, 5.41) is 2.46. The number of benzene rings is 1. The topological polar surface area (TPSA) is 84.1 Å². The minimum atomic E-state index is -5.11. The zero-order chi connectivity index (χ0) is 22.8. The van der Waals surface area contributed by atoms with Crippen molar-refractivity contribution in [3.8, 4) is 5.75 Å². The SMILES string of the molecule is Cc1cc(C(=O)NC(c2ccc(OC(F)(F)F)c(F)c2)c2ncccc2F)c[nH]c1=O. The van der Waals surface area contributed by atoms with E-state index in [9.17, 15) is 31.5 Å². The van der Waals surface area contributed by atoms with Crippen LogP contribution in [-0.2, 0) is 0 Å². The average molecular weight is 439 g/mol. The predicted molar refractivity (Wildman–Crippen MR) is 98.4 cm³/mol.